The molecule has 0 fully saturated rings. The highest BCUT2D eigenvalue weighted by Gasteiger charge is 2.19. The van der Waals surface area contributed by atoms with Gasteiger partial charge in [0.25, 0.3) is 0 Å². The van der Waals surface area contributed by atoms with Crippen molar-refractivity contribution in [3.05, 3.63) is 131 Å². The number of para-hydroxylation sites is 1. The molecule has 0 bridgehead atoms. The maximum absolute atomic E-state index is 12.3. The Bertz CT molecular complexity index is 1370. The number of nitrogens with zero attached hydrogens (tertiary/aromatic N) is 1. The van der Waals surface area contributed by atoms with Gasteiger partial charge in [-0.1, -0.05) is 72.9 Å². The average Bonchev–Trinajstić information content (AvgIpc) is 2.97. The third-order valence-electron chi connectivity index (χ3n) is 5.80. The molecular weight excluding hydrogens is 498 g/mol. The molecule has 0 spiro atoms. The van der Waals surface area contributed by atoms with Gasteiger partial charge in [-0.05, 0) is 53.6 Å². The zero-order chi connectivity index (χ0) is 26.9. The molecule has 0 unspecified atom stereocenters. The van der Waals surface area contributed by atoms with Crippen LogP contribution in [0.25, 0.3) is 0 Å². The van der Waals surface area contributed by atoms with Crippen molar-refractivity contribution in [2.75, 3.05) is 14.2 Å². The standard InChI is InChI=1S/C31H27NO5S/c1-35-30(33)25-17-24(18-26(19-25)31(34)36-2)29(38)32(20-22-9-5-3-6-10-22)21-23-13-15-28(16-14-23)37-27-11-7-4-8-12-27/h3-19H,20-21H2,1-2H3. The summed E-state index contributed by atoms with van der Waals surface area (Å²) in [5, 5.41) is 0. The number of hydrogen-bond donors (Lipinski definition) is 0. The van der Waals surface area contributed by atoms with E-state index in [0.29, 0.717) is 23.6 Å². The summed E-state index contributed by atoms with van der Waals surface area (Å²) in [6.45, 7) is 1.02. The highest BCUT2D eigenvalue weighted by Crippen LogP contribution is 2.23. The molecule has 192 valence electrons. The number of benzene rings is 4. The third kappa shape index (κ3) is 6.83. The lowest BCUT2D eigenvalue weighted by Gasteiger charge is -2.26. The highest BCUT2D eigenvalue weighted by atomic mass is 32.1. The van der Waals surface area contributed by atoms with E-state index < -0.39 is 11.9 Å². The van der Waals surface area contributed by atoms with Crippen molar-refractivity contribution >= 4 is 29.1 Å². The second kappa shape index (κ2) is 12.7. The van der Waals surface area contributed by atoms with E-state index in [0.717, 1.165) is 22.6 Å². The van der Waals surface area contributed by atoms with Crippen LogP contribution in [-0.2, 0) is 22.6 Å². The number of esters is 2. The molecule has 6 nitrogen and oxygen atoms in total. The molecule has 0 radical (unpaired) electrons. The first-order chi connectivity index (χ1) is 18.5. The van der Waals surface area contributed by atoms with Gasteiger partial charge < -0.3 is 19.1 Å². The van der Waals surface area contributed by atoms with E-state index in [1.54, 1.807) is 12.1 Å². The molecule has 7 heteroatoms. The van der Waals surface area contributed by atoms with Crippen molar-refractivity contribution in [3.63, 3.8) is 0 Å². The monoisotopic (exact) mass is 525 g/mol. The van der Waals surface area contributed by atoms with E-state index in [-0.39, 0.29) is 11.1 Å². The van der Waals surface area contributed by atoms with Crippen LogP contribution in [0.4, 0.5) is 0 Å². The third-order valence-corrected chi connectivity index (χ3v) is 6.30. The van der Waals surface area contributed by atoms with Crippen LogP contribution in [0.2, 0.25) is 0 Å². The summed E-state index contributed by atoms with van der Waals surface area (Å²) in [7, 11) is 2.58. The molecule has 0 aliphatic rings. The number of ether oxygens (including phenoxy) is 3. The van der Waals surface area contributed by atoms with Crippen LogP contribution in [0.1, 0.15) is 37.4 Å². The van der Waals surface area contributed by atoms with Gasteiger partial charge in [-0.25, -0.2) is 9.59 Å². The van der Waals surface area contributed by atoms with Crippen molar-refractivity contribution < 1.29 is 23.8 Å². The van der Waals surface area contributed by atoms with Crippen molar-refractivity contribution in [1.82, 2.24) is 4.90 Å². The minimum Gasteiger partial charge on any atom is -0.465 e. The van der Waals surface area contributed by atoms with Crippen LogP contribution in [0.15, 0.2) is 103 Å². The summed E-state index contributed by atoms with van der Waals surface area (Å²) in [4.78, 5) is 27.2. The quantitative estimate of drug-likeness (QED) is 0.184. The minimum atomic E-state index is -0.566. The molecule has 0 saturated carbocycles. The molecule has 0 N–H and O–H groups in total. The molecule has 0 aliphatic carbocycles. The largest absolute Gasteiger partial charge is 0.465 e. The van der Waals surface area contributed by atoms with Crippen LogP contribution < -0.4 is 4.74 Å². The van der Waals surface area contributed by atoms with Gasteiger partial charge in [0, 0.05) is 18.7 Å². The number of thiocarbonyl (C=S) groups is 1. The summed E-state index contributed by atoms with van der Waals surface area (Å²) >= 11 is 5.91. The van der Waals surface area contributed by atoms with E-state index in [1.165, 1.54) is 20.3 Å². The number of carbonyl (C=O) groups is 2. The molecule has 38 heavy (non-hydrogen) atoms. The molecule has 0 heterocycles. The lowest BCUT2D eigenvalue weighted by Crippen LogP contribution is -2.29. The van der Waals surface area contributed by atoms with Crippen molar-refractivity contribution in [1.29, 1.82) is 0 Å². The van der Waals surface area contributed by atoms with Crippen LogP contribution in [-0.4, -0.2) is 36.0 Å². The second-order valence-electron chi connectivity index (χ2n) is 8.49. The fraction of sp³-hybridized carbons (Fsp3) is 0.129. The van der Waals surface area contributed by atoms with Crippen LogP contribution >= 0.6 is 12.2 Å². The first-order valence-electron chi connectivity index (χ1n) is 11.9. The van der Waals surface area contributed by atoms with Gasteiger partial charge in [0.15, 0.2) is 0 Å². The summed E-state index contributed by atoms with van der Waals surface area (Å²) in [6.07, 6.45) is 0. The fourth-order valence-electron chi connectivity index (χ4n) is 3.92. The second-order valence-corrected chi connectivity index (χ2v) is 8.87. The van der Waals surface area contributed by atoms with Crippen LogP contribution in [0, 0.1) is 0 Å². The summed E-state index contributed by atoms with van der Waals surface area (Å²) < 4.78 is 15.7. The van der Waals surface area contributed by atoms with Gasteiger partial charge in [0.05, 0.1) is 25.3 Å². The maximum Gasteiger partial charge on any atom is 0.337 e. The molecule has 0 aromatic heterocycles. The number of carbonyl (C=O) groups excluding carboxylic acids is 2. The molecule has 4 aromatic carbocycles. The summed E-state index contributed by atoms with van der Waals surface area (Å²) in [6, 6.07) is 32.1. The summed E-state index contributed by atoms with van der Waals surface area (Å²) in [5.41, 5.74) is 3.06. The van der Waals surface area contributed by atoms with Crippen molar-refractivity contribution in [2.24, 2.45) is 0 Å². The summed E-state index contributed by atoms with van der Waals surface area (Å²) in [5.74, 6) is 0.358. The predicted molar refractivity (Wildman–Crippen MR) is 149 cm³/mol. The molecular formula is C31H27NO5S. The lowest BCUT2D eigenvalue weighted by molar-refractivity contribution is 0.0599. The van der Waals surface area contributed by atoms with Gasteiger partial charge >= 0.3 is 11.9 Å². The van der Waals surface area contributed by atoms with Gasteiger partial charge in [0.1, 0.15) is 16.5 Å². The first-order valence-corrected chi connectivity index (χ1v) is 12.3. The number of hydrogen-bond acceptors (Lipinski definition) is 6. The SMILES string of the molecule is COC(=O)c1cc(C(=O)OC)cc(C(=S)N(Cc2ccccc2)Cc2ccc(Oc3ccccc3)cc2)c1. The van der Waals surface area contributed by atoms with Gasteiger partial charge in [-0.2, -0.15) is 0 Å². The Balaban J connectivity index is 1.63. The Labute approximate surface area is 227 Å². The topological polar surface area (TPSA) is 65.1 Å². The Morgan fingerprint density at radius 1 is 0.632 bits per heavy atom. The Kier molecular flexibility index (Phi) is 8.85. The minimum absolute atomic E-state index is 0.217. The Morgan fingerprint density at radius 2 is 1.08 bits per heavy atom. The predicted octanol–water partition coefficient (Wildman–Crippen LogP) is 6.43. The molecule has 0 saturated heterocycles. The number of rotatable bonds is 9. The van der Waals surface area contributed by atoms with E-state index >= 15 is 0 Å². The van der Waals surface area contributed by atoms with Crippen LogP contribution in [0.5, 0.6) is 11.5 Å². The van der Waals surface area contributed by atoms with Crippen LogP contribution in [0.3, 0.4) is 0 Å². The smallest absolute Gasteiger partial charge is 0.337 e. The molecule has 0 atom stereocenters. The fourth-order valence-corrected chi connectivity index (χ4v) is 4.16. The highest BCUT2D eigenvalue weighted by molar-refractivity contribution is 7.80. The number of methoxy groups -OCH3 is 2. The molecule has 4 aromatic rings. The zero-order valence-electron chi connectivity index (χ0n) is 21.1. The first kappa shape index (κ1) is 26.6. The zero-order valence-corrected chi connectivity index (χ0v) is 21.9. The van der Waals surface area contributed by atoms with E-state index in [4.69, 9.17) is 26.4 Å². The average molecular weight is 526 g/mol. The molecule has 0 aliphatic heterocycles. The Hall–Kier alpha value is -4.49. The normalized spacial score (nSPS) is 10.4. The molecule has 0 amide bonds. The van der Waals surface area contributed by atoms with Gasteiger partial charge in [-0.15, -0.1) is 0 Å². The van der Waals surface area contributed by atoms with E-state index in [9.17, 15) is 9.59 Å². The maximum atomic E-state index is 12.3. The van der Waals surface area contributed by atoms with Gasteiger partial charge in [0.2, 0.25) is 0 Å². The Morgan fingerprint density at radius 3 is 1.61 bits per heavy atom. The lowest BCUT2D eigenvalue weighted by atomic mass is 10.0. The van der Waals surface area contributed by atoms with Gasteiger partial charge in [-0.3, -0.25) is 0 Å². The molecule has 4 rings (SSSR count). The van der Waals surface area contributed by atoms with E-state index in [1.807, 2.05) is 89.8 Å². The van der Waals surface area contributed by atoms with Crippen molar-refractivity contribution in [2.45, 2.75) is 13.1 Å². The van der Waals surface area contributed by atoms with E-state index in [2.05, 4.69) is 0 Å². The van der Waals surface area contributed by atoms with Crippen molar-refractivity contribution in [3.8, 4) is 11.5 Å².